The van der Waals surface area contributed by atoms with Gasteiger partial charge >= 0.3 is 0 Å². The summed E-state index contributed by atoms with van der Waals surface area (Å²) in [6.45, 7) is 0. The number of nitrogens with zero attached hydrogens (tertiary/aromatic N) is 8. The summed E-state index contributed by atoms with van der Waals surface area (Å²) in [5, 5.41) is 21.5. The molecule has 2 saturated heterocycles. The molecule has 2 atom stereocenters. The molecule has 0 bridgehead atoms. The van der Waals surface area contributed by atoms with E-state index in [4.69, 9.17) is 0 Å². The number of H-pyrrole nitrogens is 1. The minimum atomic E-state index is -1.66. The number of benzene rings is 2. The Hall–Kier alpha value is -6.00. The first-order chi connectivity index (χ1) is 18.8. The molecule has 1 aromatic heterocycles. The molecule has 6 amide bonds. The van der Waals surface area contributed by atoms with Crippen molar-refractivity contribution in [1.29, 1.82) is 0 Å². The fourth-order valence-electron chi connectivity index (χ4n) is 3.40. The molecule has 2 aliphatic rings. The van der Waals surface area contributed by atoms with Gasteiger partial charge in [0.1, 0.15) is 0 Å². The predicted octanol–water partition coefficient (Wildman–Crippen LogP) is 0.137. The van der Waals surface area contributed by atoms with E-state index in [1.54, 1.807) is 36.4 Å². The van der Waals surface area contributed by atoms with Crippen LogP contribution in [0.1, 0.15) is 20.7 Å². The van der Waals surface area contributed by atoms with Gasteiger partial charge in [0.25, 0.3) is 47.3 Å². The van der Waals surface area contributed by atoms with Gasteiger partial charge in [-0.3, -0.25) is 39.6 Å². The Labute approximate surface area is 216 Å². The van der Waals surface area contributed by atoms with Crippen molar-refractivity contribution < 1.29 is 28.8 Å². The highest BCUT2D eigenvalue weighted by molar-refractivity contribution is 6.19. The van der Waals surface area contributed by atoms with E-state index in [2.05, 4.69) is 46.5 Å². The fourth-order valence-corrected chi connectivity index (χ4v) is 3.40. The van der Waals surface area contributed by atoms with Crippen LogP contribution in [0.15, 0.2) is 81.1 Å². The topological polar surface area (TPSA) is 224 Å². The number of imide groups is 2. The van der Waals surface area contributed by atoms with Crippen molar-refractivity contribution >= 4 is 47.3 Å². The van der Waals surface area contributed by atoms with Crippen LogP contribution in [0.25, 0.3) is 0 Å². The maximum Gasteiger partial charge on any atom is 0.288 e. The number of carbonyl (C=O) groups is 6. The van der Waals surface area contributed by atoms with Gasteiger partial charge < -0.3 is 0 Å². The zero-order chi connectivity index (χ0) is 27.5. The van der Waals surface area contributed by atoms with Crippen molar-refractivity contribution in [1.82, 2.24) is 36.1 Å². The summed E-state index contributed by atoms with van der Waals surface area (Å²) in [6.07, 6.45) is 0. The lowest BCUT2D eigenvalue weighted by molar-refractivity contribution is -0.129. The minimum absolute atomic E-state index is 0.176. The zero-order valence-corrected chi connectivity index (χ0v) is 19.5. The molecule has 2 aromatic carbocycles. The highest BCUT2D eigenvalue weighted by Gasteiger charge is 2.44. The van der Waals surface area contributed by atoms with E-state index in [1.165, 1.54) is 24.3 Å². The summed E-state index contributed by atoms with van der Waals surface area (Å²) in [6, 6.07) is 12.4. The molecule has 0 radical (unpaired) electrons. The van der Waals surface area contributed by atoms with E-state index in [0.29, 0.717) is 10.0 Å². The molecule has 2 aliphatic heterocycles. The number of hydrazine groups is 2. The summed E-state index contributed by atoms with van der Waals surface area (Å²) < 4.78 is 0. The first kappa shape index (κ1) is 24.7. The van der Waals surface area contributed by atoms with Crippen LogP contribution in [0.2, 0.25) is 0 Å². The van der Waals surface area contributed by atoms with Gasteiger partial charge in [0.2, 0.25) is 12.1 Å². The Morgan fingerprint density at radius 1 is 0.692 bits per heavy atom. The van der Waals surface area contributed by atoms with Crippen LogP contribution in [-0.4, -0.2) is 72.7 Å². The number of azo groups is 2. The van der Waals surface area contributed by atoms with Crippen molar-refractivity contribution in [2.45, 2.75) is 12.1 Å². The van der Waals surface area contributed by atoms with Gasteiger partial charge in [-0.1, -0.05) is 36.4 Å². The molecule has 2 fully saturated rings. The third kappa shape index (κ3) is 4.86. The molecular weight excluding hydrogens is 514 g/mol. The SMILES string of the molecule is O=C1NN(C(=O)c2ccccc2)C(=O)C1N=Nc1n[nH]c(N=NC2C(=O)NN(C(=O)c3ccccc3)C2=O)n1. The minimum Gasteiger partial charge on any atom is -0.270 e. The number of hydrogen-bond donors (Lipinski definition) is 3. The van der Waals surface area contributed by atoms with Gasteiger partial charge in [0.15, 0.2) is 0 Å². The molecular formula is C22H15N11O6. The lowest BCUT2D eigenvalue weighted by Crippen LogP contribution is -2.41. The summed E-state index contributed by atoms with van der Waals surface area (Å²) in [5.74, 6) is -5.81. The van der Waals surface area contributed by atoms with Crippen LogP contribution >= 0.6 is 0 Å². The maximum absolute atomic E-state index is 12.5. The Balaban J connectivity index is 1.22. The van der Waals surface area contributed by atoms with E-state index in [-0.39, 0.29) is 23.0 Å². The Bertz CT molecular complexity index is 1440. The molecule has 0 saturated carbocycles. The fraction of sp³-hybridized carbons (Fsp3) is 0.0909. The van der Waals surface area contributed by atoms with E-state index < -0.39 is 47.5 Å². The average molecular weight is 529 g/mol. The van der Waals surface area contributed by atoms with Crippen molar-refractivity contribution in [3.05, 3.63) is 71.8 Å². The summed E-state index contributed by atoms with van der Waals surface area (Å²) in [5.41, 5.74) is 4.63. The van der Waals surface area contributed by atoms with Crippen molar-refractivity contribution in [2.24, 2.45) is 20.5 Å². The highest BCUT2D eigenvalue weighted by atomic mass is 16.2. The van der Waals surface area contributed by atoms with Crippen LogP contribution in [0.5, 0.6) is 0 Å². The smallest absolute Gasteiger partial charge is 0.270 e. The largest absolute Gasteiger partial charge is 0.288 e. The first-order valence-corrected chi connectivity index (χ1v) is 11.1. The molecule has 17 nitrogen and oxygen atoms in total. The molecule has 2 unspecified atom stereocenters. The first-order valence-electron chi connectivity index (χ1n) is 11.1. The Morgan fingerprint density at radius 2 is 1.15 bits per heavy atom. The standard InChI is InChI=1S/C22H15N11O6/c34-15-13(19(38)32(30-15)17(36)11-7-3-1-4-8-11)24-26-21-23-22(29-28-21)27-25-14-16(35)31-33(20(14)39)18(37)12-9-5-2-6-10-12/h1-10,13-14H,(H,30,34)(H,31,35)(H,23,28,29). The van der Waals surface area contributed by atoms with Crippen LogP contribution in [-0.2, 0) is 19.2 Å². The summed E-state index contributed by atoms with van der Waals surface area (Å²) in [7, 11) is 0. The number of rotatable bonds is 6. The Kier molecular flexibility index (Phi) is 6.43. The molecule has 0 spiro atoms. The monoisotopic (exact) mass is 529 g/mol. The lowest BCUT2D eigenvalue weighted by atomic mass is 10.2. The number of nitrogens with one attached hydrogen (secondary N) is 3. The molecule has 5 rings (SSSR count). The number of aromatic nitrogens is 3. The van der Waals surface area contributed by atoms with Gasteiger partial charge in [-0.05, 0) is 24.3 Å². The summed E-state index contributed by atoms with van der Waals surface area (Å²) >= 11 is 0. The predicted molar refractivity (Wildman–Crippen MR) is 125 cm³/mol. The molecule has 3 N–H and O–H groups in total. The van der Waals surface area contributed by atoms with Gasteiger partial charge in [-0.15, -0.1) is 15.3 Å². The van der Waals surface area contributed by atoms with Crippen LogP contribution in [0.4, 0.5) is 11.9 Å². The second kappa shape index (κ2) is 10.2. The van der Waals surface area contributed by atoms with E-state index in [0.717, 1.165) is 0 Å². The van der Waals surface area contributed by atoms with Crippen LogP contribution in [0.3, 0.4) is 0 Å². The second-order valence-electron chi connectivity index (χ2n) is 7.84. The normalized spacial score (nSPS) is 19.3. The van der Waals surface area contributed by atoms with Crippen molar-refractivity contribution in [3.63, 3.8) is 0 Å². The third-order valence-electron chi connectivity index (χ3n) is 5.29. The van der Waals surface area contributed by atoms with Crippen molar-refractivity contribution in [2.75, 3.05) is 0 Å². The molecule has 3 heterocycles. The number of carbonyl (C=O) groups excluding carboxylic acids is 6. The van der Waals surface area contributed by atoms with Gasteiger partial charge in [0, 0.05) is 11.1 Å². The van der Waals surface area contributed by atoms with E-state index in [1.807, 2.05) is 0 Å². The number of aromatic amines is 1. The number of amides is 6. The Morgan fingerprint density at radius 3 is 1.64 bits per heavy atom. The molecule has 194 valence electrons. The van der Waals surface area contributed by atoms with Crippen LogP contribution in [0, 0.1) is 0 Å². The van der Waals surface area contributed by atoms with Gasteiger partial charge in [-0.25, -0.2) is 5.10 Å². The summed E-state index contributed by atoms with van der Waals surface area (Å²) in [4.78, 5) is 78.1. The zero-order valence-electron chi connectivity index (χ0n) is 19.5. The van der Waals surface area contributed by atoms with E-state index >= 15 is 0 Å². The highest BCUT2D eigenvalue weighted by Crippen LogP contribution is 2.17. The molecule has 39 heavy (non-hydrogen) atoms. The quantitative estimate of drug-likeness (QED) is 0.225. The lowest BCUT2D eigenvalue weighted by Gasteiger charge is -2.12. The van der Waals surface area contributed by atoms with Crippen molar-refractivity contribution in [3.8, 4) is 0 Å². The average Bonchev–Trinajstić information content (AvgIpc) is 3.61. The van der Waals surface area contributed by atoms with E-state index in [9.17, 15) is 28.8 Å². The third-order valence-corrected chi connectivity index (χ3v) is 5.29. The van der Waals surface area contributed by atoms with Gasteiger partial charge in [0.05, 0.1) is 0 Å². The number of hydrogen-bond acceptors (Lipinski definition) is 12. The maximum atomic E-state index is 12.5. The van der Waals surface area contributed by atoms with Crippen LogP contribution < -0.4 is 10.9 Å². The van der Waals surface area contributed by atoms with Gasteiger partial charge in [-0.2, -0.15) is 25.2 Å². The second-order valence-corrected chi connectivity index (χ2v) is 7.84. The molecule has 3 aromatic rings. The molecule has 17 heteroatoms. The molecule has 0 aliphatic carbocycles.